The molecule has 0 aliphatic carbocycles. The number of aryl methyl sites for hydroxylation is 1. The molecular formula is C15H18ClN3. The van der Waals surface area contributed by atoms with Crippen LogP contribution in [0.15, 0.2) is 18.2 Å². The molecule has 0 fully saturated rings. The van der Waals surface area contributed by atoms with Crippen LogP contribution in [0.1, 0.15) is 44.1 Å². The van der Waals surface area contributed by atoms with E-state index in [-0.39, 0.29) is 0 Å². The summed E-state index contributed by atoms with van der Waals surface area (Å²) < 4.78 is 2.26. The van der Waals surface area contributed by atoms with E-state index in [0.717, 1.165) is 36.1 Å². The van der Waals surface area contributed by atoms with Crippen molar-refractivity contribution in [1.82, 2.24) is 9.55 Å². The third-order valence-electron chi connectivity index (χ3n) is 3.52. The topological polar surface area (TPSA) is 41.6 Å². The summed E-state index contributed by atoms with van der Waals surface area (Å²) in [6, 6.07) is 8.28. The lowest BCUT2D eigenvalue weighted by atomic mass is 10.1. The van der Waals surface area contributed by atoms with E-state index in [0.29, 0.717) is 17.5 Å². The van der Waals surface area contributed by atoms with Crippen LogP contribution in [0.3, 0.4) is 0 Å². The van der Waals surface area contributed by atoms with Gasteiger partial charge >= 0.3 is 0 Å². The number of fused-ring (bicyclic) bond motifs is 1. The number of halogens is 1. The molecule has 0 radical (unpaired) electrons. The highest BCUT2D eigenvalue weighted by molar-refractivity contribution is 6.17. The van der Waals surface area contributed by atoms with Gasteiger partial charge in [0.2, 0.25) is 0 Å². The van der Waals surface area contributed by atoms with Crippen LogP contribution in [-0.2, 0) is 6.42 Å². The second-order valence-electron chi connectivity index (χ2n) is 4.62. The Morgan fingerprint density at radius 1 is 1.37 bits per heavy atom. The Morgan fingerprint density at radius 2 is 2.11 bits per heavy atom. The standard InChI is InChI=1S/C15H18ClN3/c1-3-12(4-2)19-14-9-11(10-17)5-6-13(14)18-15(19)7-8-16/h5-6,9,12H,3-4,7-8H2,1-2H3. The van der Waals surface area contributed by atoms with E-state index in [1.54, 1.807) is 0 Å². The maximum Gasteiger partial charge on any atom is 0.111 e. The van der Waals surface area contributed by atoms with Gasteiger partial charge in [0.15, 0.2) is 0 Å². The minimum absolute atomic E-state index is 0.414. The molecule has 0 spiro atoms. The van der Waals surface area contributed by atoms with Gasteiger partial charge < -0.3 is 4.57 Å². The number of rotatable bonds is 5. The second kappa shape index (κ2) is 6.08. The zero-order valence-electron chi connectivity index (χ0n) is 11.4. The molecule has 4 heteroatoms. The molecule has 0 saturated carbocycles. The van der Waals surface area contributed by atoms with Crippen molar-refractivity contribution in [1.29, 1.82) is 5.26 Å². The van der Waals surface area contributed by atoms with Crippen LogP contribution in [0.5, 0.6) is 0 Å². The van der Waals surface area contributed by atoms with Crippen molar-refractivity contribution < 1.29 is 0 Å². The normalized spacial score (nSPS) is 11.1. The summed E-state index contributed by atoms with van der Waals surface area (Å²) in [6.45, 7) is 4.36. The first-order valence-corrected chi connectivity index (χ1v) is 7.25. The number of aromatic nitrogens is 2. The number of alkyl halides is 1. The summed E-state index contributed by atoms with van der Waals surface area (Å²) >= 11 is 5.88. The number of benzene rings is 1. The maximum atomic E-state index is 9.05. The Hall–Kier alpha value is -1.53. The molecule has 1 aromatic heterocycles. The van der Waals surface area contributed by atoms with E-state index in [2.05, 4.69) is 29.5 Å². The quantitative estimate of drug-likeness (QED) is 0.773. The molecule has 0 N–H and O–H groups in total. The van der Waals surface area contributed by atoms with Crippen molar-refractivity contribution in [3.63, 3.8) is 0 Å². The summed E-state index contributed by atoms with van der Waals surface area (Å²) in [4.78, 5) is 4.66. The van der Waals surface area contributed by atoms with Crippen molar-refractivity contribution >= 4 is 22.6 Å². The third kappa shape index (κ3) is 2.59. The Bertz CT molecular complexity index is 606. The van der Waals surface area contributed by atoms with Gasteiger partial charge in [-0.2, -0.15) is 5.26 Å². The van der Waals surface area contributed by atoms with Gasteiger partial charge in [-0.05, 0) is 31.0 Å². The lowest BCUT2D eigenvalue weighted by Crippen LogP contribution is -2.11. The second-order valence-corrected chi connectivity index (χ2v) is 5.00. The van der Waals surface area contributed by atoms with Gasteiger partial charge in [0.25, 0.3) is 0 Å². The van der Waals surface area contributed by atoms with Gasteiger partial charge in [-0.3, -0.25) is 0 Å². The van der Waals surface area contributed by atoms with Gasteiger partial charge in [0.1, 0.15) is 5.82 Å². The van der Waals surface area contributed by atoms with Crippen molar-refractivity contribution in [2.75, 3.05) is 5.88 Å². The fourth-order valence-corrected chi connectivity index (χ4v) is 2.70. The summed E-state index contributed by atoms with van der Waals surface area (Å²) in [5.74, 6) is 1.59. The predicted molar refractivity (Wildman–Crippen MR) is 78.5 cm³/mol. The smallest absolute Gasteiger partial charge is 0.111 e. The fourth-order valence-electron chi connectivity index (χ4n) is 2.53. The van der Waals surface area contributed by atoms with Crippen LogP contribution in [-0.4, -0.2) is 15.4 Å². The molecular weight excluding hydrogens is 258 g/mol. The molecule has 100 valence electrons. The molecule has 19 heavy (non-hydrogen) atoms. The van der Waals surface area contributed by atoms with Gasteiger partial charge in [-0.15, -0.1) is 11.6 Å². The van der Waals surface area contributed by atoms with E-state index in [9.17, 15) is 0 Å². The van der Waals surface area contributed by atoms with E-state index < -0.39 is 0 Å². The number of hydrogen-bond donors (Lipinski definition) is 0. The lowest BCUT2D eigenvalue weighted by molar-refractivity contribution is 0.468. The lowest BCUT2D eigenvalue weighted by Gasteiger charge is -2.18. The van der Waals surface area contributed by atoms with Crippen molar-refractivity contribution in [3.8, 4) is 6.07 Å². The fraction of sp³-hybridized carbons (Fsp3) is 0.467. The third-order valence-corrected chi connectivity index (χ3v) is 3.71. The van der Waals surface area contributed by atoms with Gasteiger partial charge in [0.05, 0.1) is 22.7 Å². The van der Waals surface area contributed by atoms with Gasteiger partial charge in [-0.25, -0.2) is 4.98 Å². The van der Waals surface area contributed by atoms with Crippen LogP contribution < -0.4 is 0 Å². The number of hydrogen-bond acceptors (Lipinski definition) is 2. The molecule has 2 aromatic rings. The molecule has 0 aliphatic rings. The minimum atomic E-state index is 0.414. The van der Waals surface area contributed by atoms with Crippen molar-refractivity contribution in [2.45, 2.75) is 39.2 Å². The first-order chi connectivity index (χ1) is 9.24. The SMILES string of the molecule is CCC(CC)n1c(CCCl)nc2ccc(C#N)cc21. The molecule has 0 atom stereocenters. The van der Waals surface area contributed by atoms with Crippen molar-refractivity contribution in [2.24, 2.45) is 0 Å². The van der Waals surface area contributed by atoms with Crippen molar-refractivity contribution in [3.05, 3.63) is 29.6 Å². The first kappa shape index (κ1) is 13.9. The summed E-state index contributed by atoms with van der Waals surface area (Å²) in [7, 11) is 0. The molecule has 3 nitrogen and oxygen atoms in total. The highest BCUT2D eigenvalue weighted by Gasteiger charge is 2.16. The number of nitrogens with zero attached hydrogens (tertiary/aromatic N) is 3. The minimum Gasteiger partial charge on any atom is -0.325 e. The Kier molecular flexibility index (Phi) is 4.44. The van der Waals surface area contributed by atoms with E-state index in [1.807, 2.05) is 18.2 Å². The Labute approximate surface area is 118 Å². The molecule has 0 saturated heterocycles. The largest absolute Gasteiger partial charge is 0.325 e. The first-order valence-electron chi connectivity index (χ1n) is 6.72. The van der Waals surface area contributed by atoms with Crippen LogP contribution in [0.4, 0.5) is 0 Å². The van der Waals surface area contributed by atoms with E-state index in [1.165, 1.54) is 0 Å². The Morgan fingerprint density at radius 3 is 2.68 bits per heavy atom. The molecule has 1 aromatic carbocycles. The molecule has 2 rings (SSSR count). The highest BCUT2D eigenvalue weighted by Crippen LogP contribution is 2.26. The average Bonchev–Trinajstić information content (AvgIpc) is 2.78. The predicted octanol–water partition coefficient (Wildman–Crippen LogP) is 4.05. The summed E-state index contributed by atoms with van der Waals surface area (Å²) in [5.41, 5.74) is 2.68. The van der Waals surface area contributed by atoms with Crippen LogP contribution in [0.25, 0.3) is 11.0 Å². The molecule has 0 aliphatic heterocycles. The number of nitriles is 1. The van der Waals surface area contributed by atoms with E-state index in [4.69, 9.17) is 16.9 Å². The summed E-state index contributed by atoms with van der Waals surface area (Å²) in [5, 5.41) is 9.05. The molecule has 0 amide bonds. The van der Waals surface area contributed by atoms with Crippen LogP contribution in [0, 0.1) is 11.3 Å². The molecule has 0 unspecified atom stereocenters. The average molecular weight is 276 g/mol. The Balaban J connectivity index is 2.66. The van der Waals surface area contributed by atoms with E-state index >= 15 is 0 Å². The molecule has 1 heterocycles. The van der Waals surface area contributed by atoms with Crippen LogP contribution >= 0.6 is 11.6 Å². The monoisotopic (exact) mass is 275 g/mol. The van der Waals surface area contributed by atoms with Gasteiger partial charge in [0, 0.05) is 18.3 Å². The zero-order chi connectivity index (χ0) is 13.8. The maximum absolute atomic E-state index is 9.05. The zero-order valence-corrected chi connectivity index (χ0v) is 12.1. The molecule has 0 bridgehead atoms. The van der Waals surface area contributed by atoms with Crippen LogP contribution in [0.2, 0.25) is 0 Å². The highest BCUT2D eigenvalue weighted by atomic mass is 35.5. The summed E-state index contributed by atoms with van der Waals surface area (Å²) in [6.07, 6.45) is 2.86. The van der Waals surface area contributed by atoms with Gasteiger partial charge in [-0.1, -0.05) is 13.8 Å². The number of imidazole rings is 1.